The van der Waals surface area contributed by atoms with Crippen molar-refractivity contribution < 1.29 is 62.0 Å². The Labute approximate surface area is 425 Å². The Morgan fingerprint density at radius 3 is 0.892 bits per heavy atom. The van der Waals surface area contributed by atoms with Crippen molar-refractivity contribution in [3.05, 3.63) is 0 Å². The molecular formula is C55H110Br2N4O4. The van der Waals surface area contributed by atoms with Crippen molar-refractivity contribution in [2.45, 2.75) is 264 Å². The van der Waals surface area contributed by atoms with Crippen LogP contribution in [-0.2, 0) is 9.47 Å². The van der Waals surface area contributed by atoms with Gasteiger partial charge in [-0.25, -0.2) is 9.59 Å². The van der Waals surface area contributed by atoms with Crippen LogP contribution in [0.15, 0.2) is 0 Å². The molecule has 0 radical (unpaired) electrons. The van der Waals surface area contributed by atoms with Crippen LogP contribution in [0.4, 0.5) is 9.59 Å². The standard InChI is InChI=1S/C55H108N4O4.2BrH/c1-7-9-11-13-15-17-19-21-23-25-27-29-31-33-43-58(3,4)45-47-62-54(60)56-52-39-35-50(36-40-52)49-51-37-41-53(42-38-51)57-55(61)63-48-46-59(5,6)44-34-32-30-28-26-24-22-20-18-16-14-12-10-8-2;;/h50-53H,7-49H2,1-6H3;2*1H. The van der Waals surface area contributed by atoms with Gasteiger partial charge in [-0.2, -0.15) is 0 Å². The van der Waals surface area contributed by atoms with Crippen LogP contribution in [0.3, 0.4) is 0 Å². The number of rotatable bonds is 40. The lowest BCUT2D eigenvalue weighted by atomic mass is 9.76. The molecule has 2 fully saturated rings. The smallest absolute Gasteiger partial charge is 0.407 e. The number of unbranched alkanes of at least 4 members (excludes halogenated alkanes) is 26. The molecule has 0 aromatic carbocycles. The predicted octanol–water partition coefficient (Wildman–Crippen LogP) is 9.07. The van der Waals surface area contributed by atoms with E-state index < -0.39 is 0 Å². The van der Waals surface area contributed by atoms with Crippen molar-refractivity contribution in [3.63, 3.8) is 0 Å². The maximum absolute atomic E-state index is 12.6. The van der Waals surface area contributed by atoms with Gasteiger partial charge in [-0.15, -0.1) is 0 Å². The van der Waals surface area contributed by atoms with E-state index >= 15 is 0 Å². The van der Waals surface area contributed by atoms with Gasteiger partial charge in [0.1, 0.15) is 26.3 Å². The first-order valence-electron chi connectivity index (χ1n) is 28.0. The van der Waals surface area contributed by atoms with Crippen LogP contribution < -0.4 is 44.6 Å². The van der Waals surface area contributed by atoms with Gasteiger partial charge in [-0.05, 0) is 95.3 Å². The van der Waals surface area contributed by atoms with Crippen LogP contribution in [0.25, 0.3) is 0 Å². The molecule has 0 aromatic heterocycles. The molecule has 2 N–H and O–H groups in total. The van der Waals surface area contributed by atoms with E-state index in [1.165, 1.54) is 212 Å². The van der Waals surface area contributed by atoms with Crippen molar-refractivity contribution in [2.24, 2.45) is 11.8 Å². The zero-order chi connectivity index (χ0) is 45.7. The molecule has 2 amide bonds. The lowest BCUT2D eigenvalue weighted by molar-refractivity contribution is -0.890. The molecule has 2 aliphatic carbocycles. The lowest BCUT2D eigenvalue weighted by Crippen LogP contribution is -3.00. The molecule has 2 saturated carbocycles. The predicted molar refractivity (Wildman–Crippen MR) is 269 cm³/mol. The number of quaternary nitrogens is 2. The molecule has 0 atom stereocenters. The summed E-state index contributed by atoms with van der Waals surface area (Å²) in [6.45, 7) is 9.59. The van der Waals surface area contributed by atoms with Gasteiger partial charge in [-0.1, -0.05) is 168 Å². The molecule has 0 bridgehead atoms. The van der Waals surface area contributed by atoms with Crippen LogP contribution in [-0.4, -0.2) is 101 Å². The normalized spacial score (nSPS) is 18.9. The van der Waals surface area contributed by atoms with E-state index in [2.05, 4.69) is 52.7 Å². The van der Waals surface area contributed by atoms with E-state index in [1.54, 1.807) is 0 Å². The van der Waals surface area contributed by atoms with E-state index in [4.69, 9.17) is 9.47 Å². The number of carbonyl (C=O) groups is 2. The molecule has 10 heteroatoms. The molecule has 8 nitrogen and oxygen atoms in total. The SMILES string of the molecule is CCCCCCCCCCCCCCCC[N+](C)(C)CCOC(=O)NC1CCC(CC2CCC(NC(=O)OCC[N+](C)(C)CCCCCCCCCCCCCCCC)CC2)CC1.[Br-].[Br-]. The average Bonchev–Trinajstić information content (AvgIpc) is 3.25. The largest absolute Gasteiger partial charge is 1.00 e. The molecule has 0 aromatic rings. The zero-order valence-electron chi connectivity index (χ0n) is 44.0. The van der Waals surface area contributed by atoms with Gasteiger partial charge in [0.05, 0.1) is 41.3 Å². The first-order chi connectivity index (χ1) is 30.5. The maximum Gasteiger partial charge on any atom is 0.407 e. The minimum Gasteiger partial charge on any atom is -1.00 e. The number of hydrogen-bond donors (Lipinski definition) is 2. The van der Waals surface area contributed by atoms with Gasteiger partial charge >= 0.3 is 12.2 Å². The molecule has 2 rings (SSSR count). The average molecular weight is 1050 g/mol. The summed E-state index contributed by atoms with van der Waals surface area (Å²) >= 11 is 0. The topological polar surface area (TPSA) is 76.7 Å². The van der Waals surface area contributed by atoms with E-state index in [0.29, 0.717) is 13.2 Å². The van der Waals surface area contributed by atoms with Gasteiger partial charge in [0, 0.05) is 12.1 Å². The van der Waals surface area contributed by atoms with E-state index in [9.17, 15) is 9.59 Å². The second-order valence-electron chi connectivity index (χ2n) is 22.2. The Bertz CT molecular complexity index is 1000. The van der Waals surface area contributed by atoms with Gasteiger partial charge in [-0.3, -0.25) is 0 Å². The molecule has 0 unspecified atom stereocenters. The lowest BCUT2D eigenvalue weighted by Gasteiger charge is -2.34. The third kappa shape index (κ3) is 37.9. The molecule has 388 valence electrons. The van der Waals surface area contributed by atoms with Crippen molar-refractivity contribution in [3.8, 4) is 0 Å². The number of halogens is 2. The highest BCUT2D eigenvalue weighted by Crippen LogP contribution is 2.35. The minimum absolute atomic E-state index is 0. The van der Waals surface area contributed by atoms with Gasteiger partial charge < -0.3 is 63.0 Å². The number of hydrogen-bond acceptors (Lipinski definition) is 4. The van der Waals surface area contributed by atoms with Crippen molar-refractivity contribution in [1.29, 1.82) is 0 Å². The fourth-order valence-electron chi connectivity index (χ4n) is 10.4. The zero-order valence-corrected chi connectivity index (χ0v) is 47.2. The van der Waals surface area contributed by atoms with Crippen LogP contribution in [0.2, 0.25) is 0 Å². The summed E-state index contributed by atoms with van der Waals surface area (Å²) in [6, 6.07) is 0.484. The van der Waals surface area contributed by atoms with Gasteiger partial charge in [0.2, 0.25) is 0 Å². The number of amides is 2. The first-order valence-corrected chi connectivity index (χ1v) is 28.0. The Kier molecular flexibility index (Phi) is 41.9. The summed E-state index contributed by atoms with van der Waals surface area (Å²) < 4.78 is 13.2. The van der Waals surface area contributed by atoms with E-state index in [-0.39, 0.29) is 58.2 Å². The number of ether oxygens (including phenoxy) is 2. The Hall–Kier alpha value is -0.580. The molecule has 2 aliphatic rings. The molecule has 0 spiro atoms. The van der Waals surface area contributed by atoms with Crippen molar-refractivity contribution in [1.82, 2.24) is 10.6 Å². The van der Waals surface area contributed by atoms with Crippen molar-refractivity contribution in [2.75, 3.05) is 67.6 Å². The number of likely N-dealkylation sites (N-methyl/N-ethyl adjacent to an activating group) is 2. The van der Waals surface area contributed by atoms with Crippen LogP contribution in [0, 0.1) is 11.8 Å². The quantitative estimate of drug-likeness (QED) is 0.0475. The minimum atomic E-state index is -0.234. The summed E-state index contributed by atoms with van der Waals surface area (Å²) in [6.07, 6.45) is 48.7. The number of alkyl carbamates (subject to hydrolysis) is 2. The highest BCUT2D eigenvalue weighted by Gasteiger charge is 2.29. The second kappa shape index (κ2) is 42.3. The summed E-state index contributed by atoms with van der Waals surface area (Å²) in [5, 5.41) is 6.36. The fraction of sp³-hybridized carbons (Fsp3) is 0.964. The second-order valence-corrected chi connectivity index (χ2v) is 22.2. The summed E-state index contributed by atoms with van der Waals surface area (Å²) in [5.41, 5.74) is 0. The molecule has 0 saturated heterocycles. The maximum atomic E-state index is 12.6. The third-order valence-corrected chi connectivity index (χ3v) is 15.1. The van der Waals surface area contributed by atoms with Gasteiger partial charge in [0.25, 0.3) is 0 Å². The highest BCUT2D eigenvalue weighted by atomic mass is 79.9. The Morgan fingerprint density at radius 2 is 0.631 bits per heavy atom. The fourth-order valence-corrected chi connectivity index (χ4v) is 10.4. The summed E-state index contributed by atoms with van der Waals surface area (Å²) in [4.78, 5) is 25.3. The Balaban J connectivity index is 0.0000205. The first kappa shape index (κ1) is 64.4. The van der Waals surface area contributed by atoms with Crippen molar-refractivity contribution >= 4 is 12.2 Å². The number of nitrogens with one attached hydrogen (secondary N) is 2. The molecular weight excluding hydrogens is 940 g/mol. The Morgan fingerprint density at radius 1 is 0.385 bits per heavy atom. The molecule has 0 heterocycles. The number of carbonyl (C=O) groups excluding carboxylic acids is 2. The van der Waals surface area contributed by atoms with E-state index in [1.807, 2.05) is 0 Å². The van der Waals surface area contributed by atoms with Crippen LogP contribution >= 0.6 is 0 Å². The third-order valence-electron chi connectivity index (χ3n) is 15.1. The van der Waals surface area contributed by atoms with E-state index in [0.717, 1.165) is 72.7 Å². The molecule has 0 aliphatic heterocycles. The molecule has 65 heavy (non-hydrogen) atoms. The number of nitrogens with zero attached hydrogens (tertiary/aromatic N) is 2. The van der Waals surface area contributed by atoms with Gasteiger partial charge in [0.15, 0.2) is 0 Å². The van der Waals surface area contributed by atoms with Crippen LogP contribution in [0.5, 0.6) is 0 Å². The summed E-state index contributed by atoms with van der Waals surface area (Å²) in [5.74, 6) is 1.50. The monoisotopic (exact) mass is 1050 g/mol. The highest BCUT2D eigenvalue weighted by molar-refractivity contribution is 5.67. The summed E-state index contributed by atoms with van der Waals surface area (Å²) in [7, 11) is 9.08. The van der Waals surface area contributed by atoms with Crippen LogP contribution in [0.1, 0.15) is 251 Å².